The van der Waals surface area contributed by atoms with Crippen molar-refractivity contribution in [3.8, 4) is 0 Å². The van der Waals surface area contributed by atoms with E-state index in [2.05, 4.69) is 42.3 Å². The van der Waals surface area contributed by atoms with Gasteiger partial charge in [-0.25, -0.2) is 0 Å². The lowest BCUT2D eigenvalue weighted by molar-refractivity contribution is 0.641. The van der Waals surface area contributed by atoms with Crippen molar-refractivity contribution in [1.29, 1.82) is 0 Å². The first-order chi connectivity index (χ1) is 8.81. The van der Waals surface area contributed by atoms with Gasteiger partial charge in [0.2, 0.25) is 0 Å². The highest BCUT2D eigenvalue weighted by molar-refractivity contribution is 5.55. The minimum absolute atomic E-state index is 1.00. The zero-order valence-electron chi connectivity index (χ0n) is 11.8. The van der Waals surface area contributed by atoms with Crippen LogP contribution in [0.5, 0.6) is 0 Å². The molecule has 2 nitrogen and oxygen atoms in total. The Morgan fingerprint density at radius 1 is 1.22 bits per heavy atom. The maximum absolute atomic E-state index is 3.51. The van der Waals surface area contributed by atoms with E-state index in [1.54, 1.807) is 0 Å². The van der Waals surface area contributed by atoms with Gasteiger partial charge in [-0.05, 0) is 49.9 Å². The summed E-state index contributed by atoms with van der Waals surface area (Å²) in [5, 5.41) is 3.51. The minimum atomic E-state index is 1.00. The van der Waals surface area contributed by atoms with E-state index < -0.39 is 0 Å². The van der Waals surface area contributed by atoms with E-state index in [0.717, 1.165) is 13.1 Å². The van der Waals surface area contributed by atoms with Gasteiger partial charge in [-0.1, -0.05) is 25.5 Å². The molecule has 0 saturated carbocycles. The van der Waals surface area contributed by atoms with E-state index >= 15 is 0 Å². The SMILES string of the molecule is CCCCNCc1ccc(N2CCCC2)c(C)c1. The zero-order valence-corrected chi connectivity index (χ0v) is 11.8. The monoisotopic (exact) mass is 246 g/mol. The van der Waals surface area contributed by atoms with Gasteiger partial charge in [0.25, 0.3) is 0 Å². The number of nitrogens with zero attached hydrogens (tertiary/aromatic N) is 1. The van der Waals surface area contributed by atoms with E-state index in [4.69, 9.17) is 0 Å². The molecule has 2 heteroatoms. The molecular weight excluding hydrogens is 220 g/mol. The van der Waals surface area contributed by atoms with Gasteiger partial charge in [0, 0.05) is 25.3 Å². The second-order valence-corrected chi connectivity index (χ2v) is 5.35. The molecule has 1 heterocycles. The molecule has 0 spiro atoms. The molecule has 1 aromatic carbocycles. The van der Waals surface area contributed by atoms with Crippen LogP contribution in [0.4, 0.5) is 5.69 Å². The Hall–Kier alpha value is -1.02. The highest BCUT2D eigenvalue weighted by atomic mass is 15.1. The summed E-state index contributed by atoms with van der Waals surface area (Å²) in [5.74, 6) is 0. The van der Waals surface area contributed by atoms with Gasteiger partial charge in [0.05, 0.1) is 0 Å². The van der Waals surface area contributed by atoms with E-state index in [1.807, 2.05) is 0 Å². The molecule has 1 aromatic rings. The Morgan fingerprint density at radius 2 is 2.00 bits per heavy atom. The number of rotatable bonds is 6. The quantitative estimate of drug-likeness (QED) is 0.773. The van der Waals surface area contributed by atoms with Gasteiger partial charge >= 0.3 is 0 Å². The van der Waals surface area contributed by atoms with Crippen LogP contribution < -0.4 is 10.2 Å². The number of benzene rings is 1. The summed E-state index contributed by atoms with van der Waals surface area (Å²) >= 11 is 0. The fourth-order valence-corrected chi connectivity index (χ4v) is 2.67. The first-order valence-electron chi connectivity index (χ1n) is 7.36. The van der Waals surface area contributed by atoms with Crippen molar-refractivity contribution in [3.63, 3.8) is 0 Å². The molecule has 0 radical (unpaired) electrons. The van der Waals surface area contributed by atoms with Crippen LogP contribution in [-0.4, -0.2) is 19.6 Å². The third-order valence-electron chi connectivity index (χ3n) is 3.74. The smallest absolute Gasteiger partial charge is 0.0396 e. The predicted molar refractivity (Wildman–Crippen MR) is 79.2 cm³/mol. The Balaban J connectivity index is 1.92. The minimum Gasteiger partial charge on any atom is -0.371 e. The maximum Gasteiger partial charge on any atom is 0.0396 e. The standard InChI is InChI=1S/C16H26N2/c1-3-4-9-17-13-15-7-8-16(14(2)12-15)18-10-5-6-11-18/h7-8,12,17H,3-6,9-11,13H2,1-2H3. The summed E-state index contributed by atoms with van der Waals surface area (Å²) in [5.41, 5.74) is 4.27. The molecule has 1 aliphatic heterocycles. The fraction of sp³-hybridized carbons (Fsp3) is 0.625. The lowest BCUT2D eigenvalue weighted by Gasteiger charge is -2.20. The number of aryl methyl sites for hydroxylation is 1. The molecule has 1 aliphatic rings. The van der Waals surface area contributed by atoms with Crippen LogP contribution in [0.3, 0.4) is 0 Å². The van der Waals surface area contributed by atoms with Gasteiger partial charge in [0.15, 0.2) is 0 Å². The number of unbranched alkanes of at least 4 members (excludes halogenated alkanes) is 1. The van der Waals surface area contributed by atoms with Crippen molar-refractivity contribution in [2.45, 2.75) is 46.1 Å². The molecule has 2 rings (SSSR count). The number of hydrogen-bond donors (Lipinski definition) is 1. The normalized spacial score (nSPS) is 15.3. The van der Waals surface area contributed by atoms with Gasteiger partial charge in [-0.15, -0.1) is 0 Å². The van der Waals surface area contributed by atoms with Gasteiger partial charge < -0.3 is 10.2 Å². The van der Waals surface area contributed by atoms with Crippen LogP contribution in [0.1, 0.15) is 43.7 Å². The van der Waals surface area contributed by atoms with Crippen molar-refractivity contribution >= 4 is 5.69 Å². The average molecular weight is 246 g/mol. The third kappa shape index (κ3) is 3.49. The molecule has 0 amide bonds. The van der Waals surface area contributed by atoms with Crippen molar-refractivity contribution in [2.75, 3.05) is 24.5 Å². The van der Waals surface area contributed by atoms with Gasteiger partial charge in [-0.2, -0.15) is 0 Å². The van der Waals surface area contributed by atoms with Crippen LogP contribution in [0, 0.1) is 6.92 Å². The lowest BCUT2D eigenvalue weighted by atomic mass is 10.1. The highest BCUT2D eigenvalue weighted by Gasteiger charge is 2.13. The lowest BCUT2D eigenvalue weighted by Crippen LogP contribution is -2.19. The van der Waals surface area contributed by atoms with Crippen LogP contribution in [-0.2, 0) is 6.54 Å². The molecule has 0 atom stereocenters. The summed E-state index contributed by atoms with van der Waals surface area (Å²) in [4.78, 5) is 2.52. The average Bonchev–Trinajstić information content (AvgIpc) is 2.88. The largest absolute Gasteiger partial charge is 0.371 e. The van der Waals surface area contributed by atoms with Gasteiger partial charge in [0.1, 0.15) is 0 Å². The van der Waals surface area contributed by atoms with Crippen LogP contribution in [0.2, 0.25) is 0 Å². The van der Waals surface area contributed by atoms with E-state index in [1.165, 1.54) is 55.6 Å². The van der Waals surface area contributed by atoms with E-state index in [0.29, 0.717) is 0 Å². The number of nitrogens with one attached hydrogen (secondary N) is 1. The summed E-state index contributed by atoms with van der Waals surface area (Å²) in [7, 11) is 0. The number of hydrogen-bond acceptors (Lipinski definition) is 2. The molecule has 0 bridgehead atoms. The Kier molecular flexibility index (Phi) is 5.06. The van der Waals surface area contributed by atoms with Crippen LogP contribution >= 0.6 is 0 Å². The summed E-state index contributed by atoms with van der Waals surface area (Å²) in [6.07, 6.45) is 5.23. The highest BCUT2D eigenvalue weighted by Crippen LogP contribution is 2.24. The molecule has 1 fully saturated rings. The van der Waals surface area contributed by atoms with Crippen molar-refractivity contribution < 1.29 is 0 Å². The zero-order chi connectivity index (χ0) is 12.8. The Morgan fingerprint density at radius 3 is 2.67 bits per heavy atom. The van der Waals surface area contributed by atoms with Crippen LogP contribution in [0.15, 0.2) is 18.2 Å². The Labute approximate surface area is 111 Å². The molecule has 0 unspecified atom stereocenters. The van der Waals surface area contributed by atoms with Crippen LogP contribution in [0.25, 0.3) is 0 Å². The fourth-order valence-electron chi connectivity index (χ4n) is 2.67. The van der Waals surface area contributed by atoms with E-state index in [-0.39, 0.29) is 0 Å². The molecule has 0 aliphatic carbocycles. The molecule has 18 heavy (non-hydrogen) atoms. The molecule has 1 N–H and O–H groups in total. The van der Waals surface area contributed by atoms with Crippen molar-refractivity contribution in [2.24, 2.45) is 0 Å². The maximum atomic E-state index is 3.51. The Bertz CT molecular complexity index is 367. The van der Waals surface area contributed by atoms with Crippen molar-refractivity contribution in [1.82, 2.24) is 5.32 Å². The van der Waals surface area contributed by atoms with E-state index in [9.17, 15) is 0 Å². The van der Waals surface area contributed by atoms with Gasteiger partial charge in [-0.3, -0.25) is 0 Å². The first kappa shape index (κ1) is 13.4. The second kappa shape index (κ2) is 6.79. The topological polar surface area (TPSA) is 15.3 Å². The number of anilines is 1. The molecule has 100 valence electrons. The predicted octanol–water partition coefficient (Wildman–Crippen LogP) is 3.48. The summed E-state index contributed by atoms with van der Waals surface area (Å²) in [6, 6.07) is 6.92. The summed E-state index contributed by atoms with van der Waals surface area (Å²) < 4.78 is 0. The molecular formula is C16H26N2. The first-order valence-corrected chi connectivity index (χ1v) is 7.36. The molecule has 1 saturated heterocycles. The molecule has 0 aromatic heterocycles. The second-order valence-electron chi connectivity index (χ2n) is 5.35. The third-order valence-corrected chi connectivity index (χ3v) is 3.74. The summed E-state index contributed by atoms with van der Waals surface area (Å²) in [6.45, 7) is 9.06. The van der Waals surface area contributed by atoms with Crippen molar-refractivity contribution in [3.05, 3.63) is 29.3 Å².